The van der Waals surface area contributed by atoms with E-state index < -0.39 is 5.97 Å². The van der Waals surface area contributed by atoms with E-state index in [2.05, 4.69) is 0 Å². The molecule has 0 unspecified atom stereocenters. The quantitative estimate of drug-likeness (QED) is 0.868. The van der Waals surface area contributed by atoms with Crippen molar-refractivity contribution in [3.8, 4) is 5.75 Å². The number of rotatable bonds is 3. The average molecular weight is 222 g/mol. The zero-order chi connectivity index (χ0) is 10.8. The lowest BCUT2D eigenvalue weighted by atomic mass is 10.2. The molecule has 0 fully saturated rings. The number of thiophene rings is 1. The van der Waals surface area contributed by atoms with Gasteiger partial charge >= 0.3 is 5.97 Å². The Bertz CT molecular complexity index is 502. The van der Waals surface area contributed by atoms with Gasteiger partial charge in [0.1, 0.15) is 10.6 Å². The molecule has 4 heteroatoms. The van der Waals surface area contributed by atoms with Crippen LogP contribution in [-0.4, -0.2) is 17.7 Å². The van der Waals surface area contributed by atoms with Crippen molar-refractivity contribution in [1.82, 2.24) is 0 Å². The molecule has 1 heterocycles. The summed E-state index contributed by atoms with van der Waals surface area (Å²) >= 11 is 1.25. The highest BCUT2D eigenvalue weighted by Gasteiger charge is 2.11. The van der Waals surface area contributed by atoms with Crippen LogP contribution in [0.25, 0.3) is 10.1 Å². The second-order valence-corrected chi connectivity index (χ2v) is 4.08. The van der Waals surface area contributed by atoms with Crippen LogP contribution < -0.4 is 4.74 Å². The van der Waals surface area contributed by atoms with Crippen LogP contribution in [0.4, 0.5) is 0 Å². The summed E-state index contributed by atoms with van der Waals surface area (Å²) in [6.07, 6.45) is 0. The van der Waals surface area contributed by atoms with Gasteiger partial charge in [0.25, 0.3) is 0 Å². The van der Waals surface area contributed by atoms with E-state index in [9.17, 15) is 4.79 Å². The van der Waals surface area contributed by atoms with Crippen LogP contribution >= 0.6 is 11.3 Å². The summed E-state index contributed by atoms with van der Waals surface area (Å²) in [6.45, 7) is 2.49. The molecular formula is C11H10O3S. The van der Waals surface area contributed by atoms with Gasteiger partial charge in [-0.3, -0.25) is 0 Å². The van der Waals surface area contributed by atoms with Gasteiger partial charge in [-0.1, -0.05) is 12.1 Å². The Morgan fingerprint density at radius 2 is 2.33 bits per heavy atom. The van der Waals surface area contributed by atoms with Crippen molar-refractivity contribution in [3.63, 3.8) is 0 Å². The van der Waals surface area contributed by atoms with Crippen molar-refractivity contribution in [2.45, 2.75) is 6.92 Å². The first-order valence-electron chi connectivity index (χ1n) is 4.61. The molecule has 0 aliphatic rings. The second-order valence-electron chi connectivity index (χ2n) is 3.02. The zero-order valence-electron chi connectivity index (χ0n) is 8.19. The Morgan fingerprint density at radius 1 is 1.53 bits per heavy atom. The Balaban J connectivity index is 2.59. The Morgan fingerprint density at radius 3 is 3.00 bits per heavy atom. The molecule has 2 rings (SSSR count). The lowest BCUT2D eigenvalue weighted by molar-refractivity contribution is 0.0702. The molecule has 0 aliphatic heterocycles. The van der Waals surface area contributed by atoms with Crippen molar-refractivity contribution in [2.75, 3.05) is 6.61 Å². The minimum Gasteiger partial charge on any atom is -0.492 e. The van der Waals surface area contributed by atoms with Crippen molar-refractivity contribution >= 4 is 27.4 Å². The molecule has 0 amide bonds. The summed E-state index contributed by atoms with van der Waals surface area (Å²) in [4.78, 5) is 11.2. The normalized spacial score (nSPS) is 10.5. The highest BCUT2D eigenvalue weighted by atomic mass is 32.1. The minimum absolute atomic E-state index is 0.345. The number of aromatic carboxylic acids is 1. The van der Waals surface area contributed by atoms with Crippen LogP contribution in [-0.2, 0) is 0 Å². The number of benzene rings is 1. The Hall–Kier alpha value is -1.55. The van der Waals surface area contributed by atoms with Gasteiger partial charge < -0.3 is 9.84 Å². The highest BCUT2D eigenvalue weighted by molar-refractivity contribution is 7.21. The number of hydrogen-bond acceptors (Lipinski definition) is 3. The number of fused-ring (bicyclic) bond motifs is 1. The molecule has 0 atom stereocenters. The van der Waals surface area contributed by atoms with Gasteiger partial charge in [-0.2, -0.15) is 0 Å². The van der Waals surface area contributed by atoms with Gasteiger partial charge in [-0.25, -0.2) is 4.79 Å². The fourth-order valence-electron chi connectivity index (χ4n) is 1.41. The smallest absolute Gasteiger partial charge is 0.345 e. The van der Waals surface area contributed by atoms with Crippen molar-refractivity contribution in [1.29, 1.82) is 0 Å². The van der Waals surface area contributed by atoms with E-state index in [1.807, 2.05) is 25.1 Å². The van der Waals surface area contributed by atoms with Gasteiger partial charge in [-0.05, 0) is 24.4 Å². The van der Waals surface area contributed by atoms with Crippen molar-refractivity contribution in [3.05, 3.63) is 29.1 Å². The highest BCUT2D eigenvalue weighted by Crippen LogP contribution is 2.33. The number of carboxylic acids is 1. The van der Waals surface area contributed by atoms with E-state index in [1.54, 1.807) is 6.07 Å². The number of ether oxygens (including phenoxy) is 1. The molecule has 0 bridgehead atoms. The van der Waals surface area contributed by atoms with Gasteiger partial charge in [0.05, 0.1) is 11.3 Å². The molecule has 0 aliphatic carbocycles. The maximum atomic E-state index is 10.8. The average Bonchev–Trinajstić information content (AvgIpc) is 2.63. The molecule has 0 spiro atoms. The van der Waals surface area contributed by atoms with Crippen LogP contribution in [0.3, 0.4) is 0 Å². The van der Waals surface area contributed by atoms with Crippen LogP contribution in [0, 0.1) is 0 Å². The summed E-state index contributed by atoms with van der Waals surface area (Å²) in [5, 5.41) is 9.80. The van der Waals surface area contributed by atoms with Gasteiger partial charge in [0.15, 0.2) is 0 Å². The SMILES string of the molecule is CCOc1cccc2cc(C(=O)O)sc12. The van der Waals surface area contributed by atoms with Crippen LogP contribution in [0.5, 0.6) is 5.75 Å². The number of carbonyl (C=O) groups is 1. The lowest BCUT2D eigenvalue weighted by Crippen LogP contribution is -1.90. The van der Waals surface area contributed by atoms with Gasteiger partial charge in [-0.15, -0.1) is 11.3 Å². The summed E-state index contributed by atoms with van der Waals surface area (Å²) in [7, 11) is 0. The zero-order valence-corrected chi connectivity index (χ0v) is 9.00. The maximum absolute atomic E-state index is 10.8. The van der Waals surface area contributed by atoms with E-state index in [0.717, 1.165) is 15.8 Å². The first kappa shape index (κ1) is 9.98. The lowest BCUT2D eigenvalue weighted by Gasteiger charge is -2.02. The largest absolute Gasteiger partial charge is 0.492 e. The molecular weight excluding hydrogens is 212 g/mol. The molecule has 78 valence electrons. The molecule has 1 N–H and O–H groups in total. The topological polar surface area (TPSA) is 46.5 Å². The third-order valence-corrected chi connectivity index (χ3v) is 3.17. The minimum atomic E-state index is -0.890. The Kier molecular flexibility index (Phi) is 2.60. The van der Waals surface area contributed by atoms with Crippen LogP contribution in [0.2, 0.25) is 0 Å². The number of carboxylic acid groups (broad SMARTS) is 1. The molecule has 2 aromatic rings. The molecule has 1 aromatic carbocycles. The third kappa shape index (κ3) is 1.80. The van der Waals surface area contributed by atoms with Gasteiger partial charge in [0, 0.05) is 0 Å². The second kappa shape index (κ2) is 3.90. The van der Waals surface area contributed by atoms with Gasteiger partial charge in [0.2, 0.25) is 0 Å². The summed E-state index contributed by atoms with van der Waals surface area (Å²) in [6, 6.07) is 7.28. The van der Waals surface area contributed by atoms with Crippen LogP contribution in [0.15, 0.2) is 24.3 Å². The van der Waals surface area contributed by atoms with E-state index in [1.165, 1.54) is 11.3 Å². The number of hydrogen-bond donors (Lipinski definition) is 1. The van der Waals surface area contributed by atoms with Crippen LogP contribution in [0.1, 0.15) is 16.6 Å². The predicted octanol–water partition coefficient (Wildman–Crippen LogP) is 3.00. The molecule has 15 heavy (non-hydrogen) atoms. The predicted molar refractivity (Wildman–Crippen MR) is 60.0 cm³/mol. The Labute approximate surface area is 90.9 Å². The van der Waals surface area contributed by atoms with E-state index in [4.69, 9.17) is 9.84 Å². The fraction of sp³-hybridized carbons (Fsp3) is 0.182. The summed E-state index contributed by atoms with van der Waals surface area (Å²) in [5.41, 5.74) is 0. The molecule has 0 radical (unpaired) electrons. The van der Waals surface area contributed by atoms with E-state index >= 15 is 0 Å². The maximum Gasteiger partial charge on any atom is 0.345 e. The molecule has 3 nitrogen and oxygen atoms in total. The summed E-state index contributed by atoms with van der Waals surface area (Å²) in [5.74, 6) is -0.133. The van der Waals surface area contributed by atoms with Crippen molar-refractivity contribution < 1.29 is 14.6 Å². The first-order valence-corrected chi connectivity index (χ1v) is 5.42. The van der Waals surface area contributed by atoms with E-state index in [0.29, 0.717) is 11.5 Å². The summed E-state index contributed by atoms with van der Waals surface area (Å²) < 4.78 is 6.33. The standard InChI is InChI=1S/C11H10O3S/c1-2-14-8-5-3-4-7-6-9(11(12)13)15-10(7)8/h3-6H,2H2,1H3,(H,12,13). The monoisotopic (exact) mass is 222 g/mol. The molecule has 1 aromatic heterocycles. The van der Waals surface area contributed by atoms with E-state index in [-0.39, 0.29) is 0 Å². The molecule has 0 saturated heterocycles. The fourth-order valence-corrected chi connectivity index (χ4v) is 2.38. The first-order chi connectivity index (χ1) is 7.22. The van der Waals surface area contributed by atoms with Crippen molar-refractivity contribution in [2.24, 2.45) is 0 Å². The third-order valence-electron chi connectivity index (χ3n) is 2.02. The molecule has 0 saturated carbocycles.